The first-order chi connectivity index (χ1) is 19.1. The van der Waals surface area contributed by atoms with Crippen LogP contribution in [0.2, 0.25) is 0 Å². The molecular weight excluding hydrogens is 508 g/mol. The second kappa shape index (κ2) is 10.4. The van der Waals surface area contributed by atoms with Gasteiger partial charge in [0.15, 0.2) is 16.3 Å². The van der Waals surface area contributed by atoms with Crippen LogP contribution in [0.4, 0.5) is 0 Å². The van der Waals surface area contributed by atoms with Crippen LogP contribution in [0.1, 0.15) is 34.7 Å². The summed E-state index contributed by atoms with van der Waals surface area (Å²) in [7, 11) is 3.27. The van der Waals surface area contributed by atoms with Crippen LogP contribution in [-0.2, 0) is 6.42 Å². The molecule has 6 rings (SSSR count). The van der Waals surface area contributed by atoms with Crippen molar-refractivity contribution in [3.05, 3.63) is 127 Å². The number of allylic oxidation sites excluding steroid dienone is 1. The van der Waals surface area contributed by atoms with Crippen LogP contribution >= 0.6 is 11.3 Å². The van der Waals surface area contributed by atoms with E-state index in [0.29, 0.717) is 27.4 Å². The Morgan fingerprint density at radius 2 is 1.79 bits per heavy atom. The van der Waals surface area contributed by atoms with Crippen molar-refractivity contribution in [3.8, 4) is 17.2 Å². The third kappa shape index (κ3) is 4.38. The Morgan fingerprint density at radius 3 is 2.62 bits per heavy atom. The van der Waals surface area contributed by atoms with Crippen molar-refractivity contribution in [2.75, 3.05) is 20.8 Å². The fourth-order valence-electron chi connectivity index (χ4n) is 5.38. The Bertz CT molecular complexity index is 1800. The molecule has 1 aliphatic carbocycles. The summed E-state index contributed by atoms with van der Waals surface area (Å²) in [4.78, 5) is 19.8. The maximum Gasteiger partial charge on any atom is 0.271 e. The van der Waals surface area contributed by atoms with Crippen molar-refractivity contribution in [3.63, 3.8) is 0 Å². The van der Waals surface area contributed by atoms with E-state index in [-0.39, 0.29) is 11.6 Å². The van der Waals surface area contributed by atoms with Gasteiger partial charge in [0, 0.05) is 11.1 Å². The average molecular weight is 537 g/mol. The molecule has 1 aromatic heterocycles. The van der Waals surface area contributed by atoms with Crippen LogP contribution in [0.5, 0.6) is 17.2 Å². The molecule has 0 amide bonds. The molecule has 0 fully saturated rings. The second-order valence-corrected chi connectivity index (χ2v) is 10.4. The van der Waals surface area contributed by atoms with E-state index in [4.69, 9.17) is 19.2 Å². The van der Waals surface area contributed by atoms with Crippen LogP contribution in [0.25, 0.3) is 11.8 Å². The van der Waals surface area contributed by atoms with E-state index in [2.05, 4.69) is 24.8 Å². The highest BCUT2D eigenvalue weighted by molar-refractivity contribution is 7.07. The lowest BCUT2D eigenvalue weighted by Crippen LogP contribution is -2.39. The number of hydrogen-bond acceptors (Lipinski definition) is 6. The van der Waals surface area contributed by atoms with Crippen molar-refractivity contribution < 1.29 is 14.2 Å². The van der Waals surface area contributed by atoms with Gasteiger partial charge in [-0.25, -0.2) is 4.99 Å². The maximum absolute atomic E-state index is 14.0. The number of methoxy groups -OCH3 is 2. The molecule has 0 N–H and O–H groups in total. The lowest BCUT2D eigenvalue weighted by molar-refractivity contribution is 0.326. The maximum atomic E-state index is 14.0. The molecule has 0 bridgehead atoms. The van der Waals surface area contributed by atoms with E-state index < -0.39 is 0 Å². The van der Waals surface area contributed by atoms with Gasteiger partial charge in [-0.15, -0.1) is 0 Å². The number of aryl methyl sites for hydroxylation is 1. The van der Waals surface area contributed by atoms with E-state index in [1.54, 1.807) is 20.3 Å². The van der Waals surface area contributed by atoms with Crippen molar-refractivity contribution in [2.24, 2.45) is 4.99 Å². The van der Waals surface area contributed by atoms with Gasteiger partial charge in [0.25, 0.3) is 5.56 Å². The van der Waals surface area contributed by atoms with Crippen molar-refractivity contribution >= 4 is 23.1 Å². The number of rotatable bonds is 7. The van der Waals surface area contributed by atoms with Crippen LogP contribution in [0, 0.1) is 0 Å². The predicted molar refractivity (Wildman–Crippen MR) is 154 cm³/mol. The zero-order valence-corrected chi connectivity index (χ0v) is 22.7. The molecule has 3 aromatic carbocycles. The monoisotopic (exact) mass is 536 g/mol. The standard InChI is InChI=1S/C32H28N2O4S/c1-4-17-38-26-16-13-20(18-27(26)37-3)19-28-31(35)34-30(23-11-7-8-12-25(23)36-2)24-15-14-21-9-5-6-10-22(21)29(24)33-32(34)39-28/h4-13,16,18-19,30H,1,14-15,17H2,2-3H3. The molecule has 0 saturated heterocycles. The number of fused-ring (bicyclic) bond motifs is 3. The summed E-state index contributed by atoms with van der Waals surface area (Å²) in [6.45, 7) is 4.08. The zero-order valence-electron chi connectivity index (χ0n) is 21.8. The van der Waals surface area contributed by atoms with Crippen molar-refractivity contribution in [1.82, 2.24) is 4.57 Å². The number of nitrogens with zero attached hydrogens (tertiary/aromatic N) is 2. The number of thiazole rings is 1. The van der Waals surface area contributed by atoms with Gasteiger partial charge in [-0.05, 0) is 53.8 Å². The zero-order chi connectivity index (χ0) is 26.9. The first-order valence-corrected chi connectivity index (χ1v) is 13.6. The number of para-hydroxylation sites is 1. The van der Waals surface area contributed by atoms with Gasteiger partial charge in [-0.2, -0.15) is 0 Å². The molecule has 2 heterocycles. The van der Waals surface area contributed by atoms with E-state index in [0.717, 1.165) is 46.6 Å². The molecule has 1 unspecified atom stereocenters. The minimum Gasteiger partial charge on any atom is -0.496 e. The molecule has 1 aliphatic heterocycles. The largest absolute Gasteiger partial charge is 0.496 e. The Morgan fingerprint density at radius 1 is 1.00 bits per heavy atom. The van der Waals surface area contributed by atoms with Gasteiger partial charge in [-0.1, -0.05) is 72.5 Å². The minimum absolute atomic E-state index is 0.0778. The molecule has 196 valence electrons. The number of ether oxygens (including phenoxy) is 3. The molecular formula is C32H28N2O4S. The fraction of sp³-hybridized carbons (Fsp3) is 0.188. The highest BCUT2D eigenvalue weighted by atomic mass is 32.1. The van der Waals surface area contributed by atoms with E-state index >= 15 is 0 Å². The predicted octanol–water partition coefficient (Wildman–Crippen LogP) is 4.90. The number of benzene rings is 3. The summed E-state index contributed by atoms with van der Waals surface area (Å²) in [5, 5.41) is 0. The Kier molecular flexibility index (Phi) is 6.67. The third-order valence-corrected chi connectivity index (χ3v) is 8.13. The van der Waals surface area contributed by atoms with Gasteiger partial charge in [0.1, 0.15) is 12.4 Å². The summed E-state index contributed by atoms with van der Waals surface area (Å²) in [5.74, 6) is 1.97. The van der Waals surface area contributed by atoms with Gasteiger partial charge in [0.05, 0.1) is 30.5 Å². The number of aromatic nitrogens is 1. The summed E-state index contributed by atoms with van der Waals surface area (Å²) in [5.41, 5.74) is 6.24. The Balaban J connectivity index is 1.56. The minimum atomic E-state index is -0.299. The van der Waals surface area contributed by atoms with Gasteiger partial charge < -0.3 is 14.2 Å². The third-order valence-electron chi connectivity index (χ3n) is 7.15. The molecule has 0 radical (unpaired) electrons. The first-order valence-electron chi connectivity index (χ1n) is 12.8. The topological polar surface area (TPSA) is 62.0 Å². The van der Waals surface area contributed by atoms with Crippen LogP contribution in [0.3, 0.4) is 0 Å². The van der Waals surface area contributed by atoms with Gasteiger partial charge in [-0.3, -0.25) is 9.36 Å². The Labute approximate surface area is 230 Å². The van der Waals surface area contributed by atoms with E-state index in [9.17, 15) is 4.79 Å². The molecule has 6 nitrogen and oxygen atoms in total. The van der Waals surface area contributed by atoms with Crippen molar-refractivity contribution in [1.29, 1.82) is 0 Å². The lowest BCUT2D eigenvalue weighted by Gasteiger charge is -2.31. The van der Waals surface area contributed by atoms with E-state index in [1.807, 2.05) is 59.2 Å². The van der Waals surface area contributed by atoms with Crippen LogP contribution in [0.15, 0.2) is 94.7 Å². The highest BCUT2D eigenvalue weighted by Gasteiger charge is 2.33. The second-order valence-electron chi connectivity index (χ2n) is 9.37. The molecule has 2 aliphatic rings. The van der Waals surface area contributed by atoms with Crippen LogP contribution < -0.4 is 29.1 Å². The smallest absolute Gasteiger partial charge is 0.271 e. The average Bonchev–Trinajstić information content (AvgIpc) is 3.29. The summed E-state index contributed by atoms with van der Waals surface area (Å²) < 4.78 is 19.4. The fourth-order valence-corrected chi connectivity index (χ4v) is 6.39. The molecule has 39 heavy (non-hydrogen) atoms. The lowest BCUT2D eigenvalue weighted by atomic mass is 9.83. The summed E-state index contributed by atoms with van der Waals surface area (Å²) in [6.07, 6.45) is 5.30. The van der Waals surface area contributed by atoms with Gasteiger partial charge in [0.2, 0.25) is 0 Å². The molecule has 7 heteroatoms. The molecule has 0 spiro atoms. The summed E-state index contributed by atoms with van der Waals surface area (Å²) >= 11 is 1.40. The quantitative estimate of drug-likeness (QED) is 0.315. The number of hydrogen-bond donors (Lipinski definition) is 0. The first kappa shape index (κ1) is 24.9. The Hall–Kier alpha value is -4.36. The van der Waals surface area contributed by atoms with Gasteiger partial charge >= 0.3 is 0 Å². The molecule has 4 aromatic rings. The molecule has 1 atom stereocenters. The van der Waals surface area contributed by atoms with Crippen LogP contribution in [-0.4, -0.2) is 25.4 Å². The SMILES string of the molecule is C=CCOc1ccc(C=c2sc3n(c2=O)C(c2ccccc2OC)C2=C(N=3)c3ccccc3CC2)cc1OC. The highest BCUT2D eigenvalue weighted by Crippen LogP contribution is 2.43. The van der Waals surface area contributed by atoms with E-state index in [1.165, 1.54) is 16.9 Å². The summed E-state index contributed by atoms with van der Waals surface area (Å²) in [6, 6.07) is 21.7. The van der Waals surface area contributed by atoms with Crippen molar-refractivity contribution in [2.45, 2.75) is 18.9 Å². The normalized spacial score (nSPS) is 16.1. The molecule has 0 saturated carbocycles.